The van der Waals surface area contributed by atoms with Gasteiger partial charge in [0.2, 0.25) is 11.8 Å². The van der Waals surface area contributed by atoms with Crippen molar-refractivity contribution >= 4 is 34.8 Å². The predicted octanol–water partition coefficient (Wildman–Crippen LogP) is 3.02. The van der Waals surface area contributed by atoms with E-state index in [2.05, 4.69) is 16.0 Å². The molecule has 2 amide bonds. The lowest BCUT2D eigenvalue weighted by Gasteiger charge is -2.22. The van der Waals surface area contributed by atoms with Crippen molar-refractivity contribution in [3.63, 3.8) is 0 Å². The van der Waals surface area contributed by atoms with Crippen LogP contribution >= 0.6 is 11.6 Å². The van der Waals surface area contributed by atoms with Crippen LogP contribution in [0.25, 0.3) is 0 Å². The summed E-state index contributed by atoms with van der Waals surface area (Å²) in [4.78, 5) is 23.1. The van der Waals surface area contributed by atoms with E-state index < -0.39 is 0 Å². The summed E-state index contributed by atoms with van der Waals surface area (Å²) in [5.74, 6) is 0.416. The van der Waals surface area contributed by atoms with Crippen LogP contribution < -0.4 is 16.0 Å². The summed E-state index contributed by atoms with van der Waals surface area (Å²) in [7, 11) is 0. The summed E-state index contributed by atoms with van der Waals surface area (Å²) in [6.07, 6.45) is 3.65. The monoisotopic (exact) mass is 323 g/mol. The standard InChI is InChI=1S/C16H22ClN3O2/c1-11(21)19-13-3-4-14(17)15(10-13)20-16(22)5-2-12-6-8-18-9-7-12/h3-4,10,12,18H,2,5-9H2,1H3,(H,19,21)(H,20,22). The van der Waals surface area contributed by atoms with Gasteiger partial charge in [0.25, 0.3) is 0 Å². The molecule has 3 N–H and O–H groups in total. The van der Waals surface area contributed by atoms with E-state index in [4.69, 9.17) is 11.6 Å². The molecule has 1 saturated heterocycles. The Labute approximate surface area is 135 Å². The first-order valence-corrected chi connectivity index (χ1v) is 8.00. The molecule has 0 aliphatic carbocycles. The Balaban J connectivity index is 1.88. The number of benzene rings is 1. The molecular formula is C16H22ClN3O2. The van der Waals surface area contributed by atoms with Crippen LogP contribution in [-0.4, -0.2) is 24.9 Å². The minimum Gasteiger partial charge on any atom is -0.326 e. The van der Waals surface area contributed by atoms with Crippen LogP contribution in [-0.2, 0) is 9.59 Å². The maximum absolute atomic E-state index is 12.1. The van der Waals surface area contributed by atoms with Crippen molar-refractivity contribution in [2.45, 2.75) is 32.6 Å². The molecule has 1 aromatic rings. The maximum atomic E-state index is 12.1. The molecule has 0 atom stereocenters. The summed E-state index contributed by atoms with van der Waals surface area (Å²) < 4.78 is 0. The van der Waals surface area contributed by atoms with E-state index in [0.717, 1.165) is 32.4 Å². The van der Waals surface area contributed by atoms with Gasteiger partial charge in [-0.2, -0.15) is 0 Å². The first kappa shape index (κ1) is 16.8. The van der Waals surface area contributed by atoms with Gasteiger partial charge in [0, 0.05) is 19.0 Å². The number of hydrogen-bond donors (Lipinski definition) is 3. The van der Waals surface area contributed by atoms with Crippen molar-refractivity contribution < 1.29 is 9.59 Å². The van der Waals surface area contributed by atoms with Crippen LogP contribution in [0, 0.1) is 5.92 Å². The number of hydrogen-bond acceptors (Lipinski definition) is 3. The van der Waals surface area contributed by atoms with Crippen LogP contribution in [0.5, 0.6) is 0 Å². The Kier molecular flexibility index (Phi) is 6.21. The number of piperidine rings is 1. The highest BCUT2D eigenvalue weighted by molar-refractivity contribution is 6.33. The molecule has 1 fully saturated rings. The first-order valence-electron chi connectivity index (χ1n) is 7.62. The lowest BCUT2D eigenvalue weighted by atomic mass is 9.93. The average Bonchev–Trinajstić information content (AvgIpc) is 2.49. The van der Waals surface area contributed by atoms with Crippen LogP contribution in [0.15, 0.2) is 18.2 Å². The van der Waals surface area contributed by atoms with E-state index in [1.807, 2.05) is 0 Å². The highest BCUT2D eigenvalue weighted by atomic mass is 35.5. The van der Waals surface area contributed by atoms with Gasteiger partial charge in [0.1, 0.15) is 0 Å². The van der Waals surface area contributed by atoms with E-state index in [1.165, 1.54) is 6.92 Å². The van der Waals surface area contributed by atoms with Crippen molar-refractivity contribution in [1.82, 2.24) is 5.32 Å². The SMILES string of the molecule is CC(=O)Nc1ccc(Cl)c(NC(=O)CCC2CCNCC2)c1. The molecule has 22 heavy (non-hydrogen) atoms. The zero-order chi connectivity index (χ0) is 15.9. The molecule has 5 nitrogen and oxygen atoms in total. The molecule has 0 radical (unpaired) electrons. The van der Waals surface area contributed by atoms with Crippen molar-refractivity contribution in [2.24, 2.45) is 5.92 Å². The Morgan fingerprint density at radius 3 is 2.68 bits per heavy atom. The van der Waals surface area contributed by atoms with Gasteiger partial charge < -0.3 is 16.0 Å². The molecule has 2 rings (SSSR count). The molecule has 0 spiro atoms. The van der Waals surface area contributed by atoms with E-state index in [-0.39, 0.29) is 11.8 Å². The van der Waals surface area contributed by atoms with Gasteiger partial charge in [-0.25, -0.2) is 0 Å². The van der Waals surface area contributed by atoms with Crippen LogP contribution in [0.1, 0.15) is 32.6 Å². The van der Waals surface area contributed by atoms with E-state index in [0.29, 0.717) is 28.7 Å². The molecule has 120 valence electrons. The van der Waals surface area contributed by atoms with Crippen molar-refractivity contribution in [2.75, 3.05) is 23.7 Å². The highest BCUT2D eigenvalue weighted by Gasteiger charge is 2.15. The number of nitrogens with one attached hydrogen (secondary N) is 3. The smallest absolute Gasteiger partial charge is 0.224 e. The third-order valence-electron chi connectivity index (χ3n) is 3.80. The maximum Gasteiger partial charge on any atom is 0.224 e. The van der Waals surface area contributed by atoms with Gasteiger partial charge in [-0.05, 0) is 56.5 Å². The molecule has 6 heteroatoms. The molecular weight excluding hydrogens is 302 g/mol. The Morgan fingerprint density at radius 1 is 1.27 bits per heavy atom. The zero-order valence-electron chi connectivity index (χ0n) is 12.7. The number of rotatable bonds is 5. The van der Waals surface area contributed by atoms with Gasteiger partial charge in [-0.1, -0.05) is 11.6 Å². The minimum atomic E-state index is -0.162. The van der Waals surface area contributed by atoms with Gasteiger partial charge >= 0.3 is 0 Å². The molecule has 0 saturated carbocycles. The normalized spacial score (nSPS) is 15.4. The second-order valence-corrected chi connectivity index (χ2v) is 6.06. The second-order valence-electron chi connectivity index (χ2n) is 5.66. The van der Waals surface area contributed by atoms with Crippen LogP contribution in [0.3, 0.4) is 0 Å². The van der Waals surface area contributed by atoms with E-state index in [9.17, 15) is 9.59 Å². The third-order valence-corrected chi connectivity index (χ3v) is 4.13. The van der Waals surface area contributed by atoms with Gasteiger partial charge in [0.15, 0.2) is 0 Å². The summed E-state index contributed by atoms with van der Waals surface area (Å²) in [6, 6.07) is 5.04. The third kappa shape index (κ3) is 5.31. The molecule has 0 unspecified atom stereocenters. The average molecular weight is 324 g/mol. The van der Waals surface area contributed by atoms with Crippen molar-refractivity contribution in [3.05, 3.63) is 23.2 Å². The summed E-state index contributed by atoms with van der Waals surface area (Å²) in [6.45, 7) is 3.51. The van der Waals surface area contributed by atoms with E-state index >= 15 is 0 Å². The lowest BCUT2D eigenvalue weighted by molar-refractivity contribution is -0.116. The fraction of sp³-hybridized carbons (Fsp3) is 0.500. The van der Waals surface area contributed by atoms with Gasteiger partial charge in [0.05, 0.1) is 10.7 Å². The zero-order valence-corrected chi connectivity index (χ0v) is 13.5. The first-order chi connectivity index (χ1) is 10.5. The second kappa shape index (κ2) is 8.15. The molecule has 1 heterocycles. The topological polar surface area (TPSA) is 70.2 Å². The number of amides is 2. The number of halogens is 1. The van der Waals surface area contributed by atoms with Gasteiger partial charge in [-0.3, -0.25) is 9.59 Å². The number of carbonyl (C=O) groups is 2. The molecule has 1 aromatic carbocycles. The Hall–Kier alpha value is -1.59. The van der Waals surface area contributed by atoms with Gasteiger partial charge in [-0.15, -0.1) is 0 Å². The minimum absolute atomic E-state index is 0.0413. The predicted molar refractivity (Wildman–Crippen MR) is 89.2 cm³/mol. The van der Waals surface area contributed by atoms with Crippen LogP contribution in [0.4, 0.5) is 11.4 Å². The number of carbonyl (C=O) groups excluding carboxylic acids is 2. The Morgan fingerprint density at radius 2 is 2.00 bits per heavy atom. The lowest BCUT2D eigenvalue weighted by Crippen LogP contribution is -2.28. The summed E-state index contributed by atoms with van der Waals surface area (Å²) in [5.41, 5.74) is 1.15. The van der Waals surface area contributed by atoms with Crippen molar-refractivity contribution in [3.8, 4) is 0 Å². The molecule has 1 aliphatic heterocycles. The van der Waals surface area contributed by atoms with Crippen molar-refractivity contribution in [1.29, 1.82) is 0 Å². The quantitative estimate of drug-likeness (QED) is 0.780. The Bertz CT molecular complexity index is 542. The fourth-order valence-corrected chi connectivity index (χ4v) is 2.79. The number of anilines is 2. The fourth-order valence-electron chi connectivity index (χ4n) is 2.62. The molecule has 0 bridgehead atoms. The van der Waals surface area contributed by atoms with E-state index in [1.54, 1.807) is 18.2 Å². The largest absolute Gasteiger partial charge is 0.326 e. The highest BCUT2D eigenvalue weighted by Crippen LogP contribution is 2.26. The summed E-state index contributed by atoms with van der Waals surface area (Å²) >= 11 is 6.09. The molecule has 1 aliphatic rings. The molecule has 0 aromatic heterocycles. The summed E-state index contributed by atoms with van der Waals surface area (Å²) in [5, 5.41) is 9.28. The van der Waals surface area contributed by atoms with Crippen LogP contribution in [0.2, 0.25) is 5.02 Å².